The van der Waals surface area contributed by atoms with Crippen molar-refractivity contribution >= 4 is 31.3 Å². The van der Waals surface area contributed by atoms with Gasteiger partial charge in [0.15, 0.2) is 0 Å². The summed E-state index contributed by atoms with van der Waals surface area (Å²) >= 11 is 0. The van der Waals surface area contributed by atoms with Gasteiger partial charge in [-0.05, 0) is 29.7 Å². The van der Waals surface area contributed by atoms with Crippen LogP contribution in [0.2, 0.25) is 0 Å². The van der Waals surface area contributed by atoms with Crippen LogP contribution in [-0.2, 0) is 13.8 Å². The molecule has 0 saturated carbocycles. The van der Waals surface area contributed by atoms with Crippen molar-refractivity contribution in [3.05, 3.63) is 23.8 Å². The van der Waals surface area contributed by atoms with E-state index in [9.17, 15) is 13.2 Å². The predicted octanol–water partition coefficient (Wildman–Crippen LogP) is 2.70. The minimum Gasteiger partial charge on any atom is -0.326 e. The molecule has 0 aromatic heterocycles. The van der Waals surface area contributed by atoms with E-state index in [1.54, 1.807) is 6.07 Å². The molecule has 94 valence electrons. The van der Waals surface area contributed by atoms with Gasteiger partial charge in [0.05, 0.1) is 4.90 Å². The van der Waals surface area contributed by atoms with Crippen molar-refractivity contribution in [3.8, 4) is 0 Å². The first-order chi connectivity index (χ1) is 7.71. The molecule has 1 aromatic carbocycles. The summed E-state index contributed by atoms with van der Waals surface area (Å²) in [5.74, 6) is -0.214. The zero-order valence-corrected chi connectivity index (χ0v) is 11.4. The minimum atomic E-state index is -3.76. The Hall–Kier alpha value is -1.07. The van der Waals surface area contributed by atoms with Crippen molar-refractivity contribution in [2.24, 2.45) is 0 Å². The maximum Gasteiger partial charge on any atom is 0.261 e. The SMILES string of the molecule is CC(=O)Nc1ccc(S(=O)(=O)Cl)c(C(C)C)c1. The maximum absolute atomic E-state index is 11.4. The lowest BCUT2D eigenvalue weighted by atomic mass is 10.0. The van der Waals surface area contributed by atoms with Gasteiger partial charge >= 0.3 is 0 Å². The van der Waals surface area contributed by atoms with Crippen molar-refractivity contribution in [2.45, 2.75) is 31.6 Å². The standard InChI is InChI=1S/C11H14ClNO3S/c1-7(2)10-6-9(13-8(3)14)4-5-11(10)17(12,15)16/h4-7H,1-3H3,(H,13,14). The number of hydrogen-bond donors (Lipinski definition) is 1. The monoisotopic (exact) mass is 275 g/mol. The molecule has 0 aliphatic heterocycles. The summed E-state index contributed by atoms with van der Waals surface area (Å²) < 4.78 is 22.7. The third-order valence-electron chi connectivity index (χ3n) is 2.21. The van der Waals surface area contributed by atoms with E-state index in [0.717, 1.165) is 0 Å². The van der Waals surface area contributed by atoms with Crippen molar-refractivity contribution in [3.63, 3.8) is 0 Å². The Morgan fingerprint density at radius 1 is 1.35 bits per heavy atom. The van der Waals surface area contributed by atoms with E-state index in [-0.39, 0.29) is 16.7 Å². The Labute approximate surface area is 105 Å². The van der Waals surface area contributed by atoms with Gasteiger partial charge in [-0.25, -0.2) is 8.42 Å². The van der Waals surface area contributed by atoms with Gasteiger partial charge in [0.25, 0.3) is 9.05 Å². The molecule has 0 bridgehead atoms. The van der Waals surface area contributed by atoms with E-state index in [1.165, 1.54) is 19.1 Å². The molecule has 1 aromatic rings. The first-order valence-electron chi connectivity index (χ1n) is 5.08. The molecule has 6 heteroatoms. The van der Waals surface area contributed by atoms with Crippen molar-refractivity contribution in [1.29, 1.82) is 0 Å². The number of hydrogen-bond acceptors (Lipinski definition) is 3. The summed E-state index contributed by atoms with van der Waals surface area (Å²) in [4.78, 5) is 11.0. The molecule has 4 nitrogen and oxygen atoms in total. The van der Waals surface area contributed by atoms with Crippen molar-refractivity contribution in [2.75, 3.05) is 5.32 Å². The van der Waals surface area contributed by atoms with Gasteiger partial charge in [-0.3, -0.25) is 4.79 Å². The highest BCUT2D eigenvalue weighted by Crippen LogP contribution is 2.29. The zero-order valence-electron chi connectivity index (χ0n) is 9.82. The Balaban J connectivity index is 3.32. The quantitative estimate of drug-likeness (QED) is 0.863. The molecule has 0 aliphatic rings. The zero-order chi connectivity index (χ0) is 13.2. The highest BCUT2D eigenvalue weighted by molar-refractivity contribution is 8.13. The van der Waals surface area contributed by atoms with E-state index in [2.05, 4.69) is 5.32 Å². The number of carbonyl (C=O) groups excluding carboxylic acids is 1. The smallest absolute Gasteiger partial charge is 0.261 e. The summed E-state index contributed by atoms with van der Waals surface area (Å²) in [5, 5.41) is 2.60. The molecule has 0 spiro atoms. The second-order valence-corrected chi connectivity index (χ2v) is 6.56. The summed E-state index contributed by atoms with van der Waals surface area (Å²) in [6.45, 7) is 5.11. The summed E-state index contributed by atoms with van der Waals surface area (Å²) in [7, 11) is 1.59. The number of anilines is 1. The highest BCUT2D eigenvalue weighted by atomic mass is 35.7. The number of halogens is 1. The first-order valence-corrected chi connectivity index (χ1v) is 7.39. The third kappa shape index (κ3) is 3.71. The number of benzene rings is 1. The fraction of sp³-hybridized carbons (Fsp3) is 0.364. The molecular formula is C11H14ClNO3S. The highest BCUT2D eigenvalue weighted by Gasteiger charge is 2.18. The van der Waals surface area contributed by atoms with Gasteiger partial charge in [-0.2, -0.15) is 0 Å². The molecule has 0 radical (unpaired) electrons. The number of rotatable bonds is 3. The summed E-state index contributed by atoms with van der Waals surface area (Å²) in [6.07, 6.45) is 0. The van der Waals surface area contributed by atoms with Crippen molar-refractivity contribution < 1.29 is 13.2 Å². The molecule has 0 atom stereocenters. The van der Waals surface area contributed by atoms with Crippen LogP contribution in [0.4, 0.5) is 5.69 Å². The van der Waals surface area contributed by atoms with E-state index in [1.807, 2.05) is 13.8 Å². The molecule has 0 saturated heterocycles. The topological polar surface area (TPSA) is 63.2 Å². The molecule has 0 unspecified atom stereocenters. The van der Waals surface area contributed by atoms with Crippen molar-refractivity contribution in [1.82, 2.24) is 0 Å². The molecular weight excluding hydrogens is 262 g/mol. The Morgan fingerprint density at radius 3 is 2.35 bits per heavy atom. The molecule has 17 heavy (non-hydrogen) atoms. The lowest BCUT2D eigenvalue weighted by Crippen LogP contribution is -2.08. The lowest BCUT2D eigenvalue weighted by molar-refractivity contribution is -0.114. The van der Waals surface area contributed by atoms with Crippen LogP contribution in [-0.4, -0.2) is 14.3 Å². The fourth-order valence-corrected chi connectivity index (χ4v) is 2.73. The summed E-state index contributed by atoms with van der Waals surface area (Å²) in [5.41, 5.74) is 1.15. The van der Waals surface area contributed by atoms with Gasteiger partial charge in [0.1, 0.15) is 0 Å². The van der Waals surface area contributed by atoms with Crippen LogP contribution in [0.15, 0.2) is 23.1 Å². The minimum absolute atomic E-state index is 0.00719. The van der Waals surface area contributed by atoms with Crippen LogP contribution >= 0.6 is 10.7 Å². The van der Waals surface area contributed by atoms with Crippen LogP contribution in [0.3, 0.4) is 0 Å². The van der Waals surface area contributed by atoms with Gasteiger partial charge in [-0.1, -0.05) is 13.8 Å². The van der Waals surface area contributed by atoms with E-state index >= 15 is 0 Å². The van der Waals surface area contributed by atoms with Gasteiger partial charge in [0, 0.05) is 23.3 Å². The Bertz CT molecular complexity index is 538. The lowest BCUT2D eigenvalue weighted by Gasteiger charge is -2.12. The Morgan fingerprint density at radius 2 is 1.94 bits per heavy atom. The molecule has 1 N–H and O–H groups in total. The van der Waals surface area contributed by atoms with Crippen LogP contribution in [0.25, 0.3) is 0 Å². The third-order valence-corrected chi connectivity index (χ3v) is 3.61. The van der Waals surface area contributed by atoms with Crippen LogP contribution < -0.4 is 5.32 Å². The second-order valence-electron chi connectivity index (χ2n) is 4.03. The molecule has 0 heterocycles. The molecule has 1 rings (SSSR count). The molecule has 0 aliphatic carbocycles. The van der Waals surface area contributed by atoms with E-state index in [4.69, 9.17) is 10.7 Å². The maximum atomic E-state index is 11.4. The van der Waals surface area contributed by atoms with Crippen LogP contribution in [0.1, 0.15) is 32.3 Å². The van der Waals surface area contributed by atoms with E-state index < -0.39 is 9.05 Å². The second kappa shape index (κ2) is 5.06. The normalized spacial score (nSPS) is 11.6. The summed E-state index contributed by atoms with van der Waals surface area (Å²) in [6, 6.07) is 4.55. The predicted molar refractivity (Wildman–Crippen MR) is 67.9 cm³/mol. The van der Waals surface area contributed by atoms with Gasteiger partial charge < -0.3 is 5.32 Å². The number of amides is 1. The molecule has 1 amide bonds. The first kappa shape index (κ1) is 14.0. The molecule has 0 fully saturated rings. The van der Waals surface area contributed by atoms with E-state index in [0.29, 0.717) is 11.3 Å². The van der Waals surface area contributed by atoms with Crippen LogP contribution in [0.5, 0.6) is 0 Å². The largest absolute Gasteiger partial charge is 0.326 e. The average Bonchev–Trinajstić information content (AvgIpc) is 2.14. The number of nitrogens with one attached hydrogen (secondary N) is 1. The fourth-order valence-electron chi connectivity index (χ4n) is 1.50. The van der Waals surface area contributed by atoms with Gasteiger partial charge in [-0.15, -0.1) is 0 Å². The number of carbonyl (C=O) groups is 1. The Kier molecular flexibility index (Phi) is 4.16. The van der Waals surface area contributed by atoms with Gasteiger partial charge in [0.2, 0.25) is 5.91 Å². The van der Waals surface area contributed by atoms with Crippen LogP contribution in [0, 0.1) is 0 Å². The average molecular weight is 276 g/mol.